The molecule has 188 valence electrons. The van der Waals surface area contributed by atoms with E-state index in [1.807, 2.05) is 33.7 Å². The summed E-state index contributed by atoms with van der Waals surface area (Å²) in [5.41, 5.74) is 1.64. The number of imidazole rings is 1. The molecular weight excluding hydrogens is 490 g/mol. The molecule has 4 heterocycles. The second-order valence-corrected chi connectivity index (χ2v) is 10.4. The summed E-state index contributed by atoms with van der Waals surface area (Å²) in [6.45, 7) is 1.26. The van der Waals surface area contributed by atoms with Gasteiger partial charge in [-0.1, -0.05) is 24.3 Å². The second-order valence-electron chi connectivity index (χ2n) is 9.37. The lowest BCUT2D eigenvalue weighted by Gasteiger charge is -2.35. The zero-order valence-corrected chi connectivity index (χ0v) is 20.9. The van der Waals surface area contributed by atoms with Crippen LogP contribution in [-0.2, 0) is 16.3 Å². The van der Waals surface area contributed by atoms with Gasteiger partial charge in [-0.05, 0) is 37.1 Å². The highest BCUT2D eigenvalue weighted by molar-refractivity contribution is 8.00. The molecule has 1 aromatic heterocycles. The van der Waals surface area contributed by atoms with E-state index >= 15 is 0 Å². The molecule has 0 saturated carbocycles. The van der Waals surface area contributed by atoms with Crippen LogP contribution in [0.1, 0.15) is 45.3 Å². The van der Waals surface area contributed by atoms with Crippen molar-refractivity contribution in [3.8, 4) is 0 Å². The number of carbonyl (C=O) groups excluding carboxylic acids is 4. The number of fused-ring (bicyclic) bond motifs is 2. The highest BCUT2D eigenvalue weighted by atomic mass is 32.2. The number of carbonyl (C=O) groups is 4. The van der Waals surface area contributed by atoms with Gasteiger partial charge in [-0.2, -0.15) is 0 Å². The Kier molecular flexibility index (Phi) is 6.03. The maximum atomic E-state index is 13.1. The van der Waals surface area contributed by atoms with Crippen LogP contribution in [0.2, 0.25) is 0 Å². The van der Waals surface area contributed by atoms with Crippen LogP contribution in [0.3, 0.4) is 0 Å². The Morgan fingerprint density at radius 3 is 2.32 bits per heavy atom. The zero-order chi connectivity index (χ0) is 25.5. The minimum absolute atomic E-state index is 0.0371. The van der Waals surface area contributed by atoms with E-state index in [9.17, 15) is 19.2 Å². The van der Waals surface area contributed by atoms with Gasteiger partial charge in [0.1, 0.15) is 19.0 Å². The Morgan fingerprint density at radius 2 is 1.59 bits per heavy atom. The molecule has 2 aromatic carbocycles. The summed E-state index contributed by atoms with van der Waals surface area (Å²) in [5, 5.41) is 0. The molecule has 6 rings (SSSR count). The Hall–Kier alpha value is -3.92. The number of anilines is 1. The van der Waals surface area contributed by atoms with Crippen LogP contribution in [0.25, 0.3) is 0 Å². The number of amides is 4. The van der Waals surface area contributed by atoms with E-state index in [-0.39, 0.29) is 42.8 Å². The maximum absolute atomic E-state index is 13.1. The first-order valence-electron chi connectivity index (χ1n) is 12.3. The fraction of sp³-hybridized carbons (Fsp3) is 0.296. The van der Waals surface area contributed by atoms with Crippen LogP contribution >= 0.6 is 11.8 Å². The fourth-order valence-electron chi connectivity index (χ4n) is 5.27. The first-order chi connectivity index (χ1) is 18.0. The molecule has 10 heteroatoms. The van der Waals surface area contributed by atoms with E-state index in [0.717, 1.165) is 16.4 Å². The molecule has 3 aliphatic heterocycles. The van der Waals surface area contributed by atoms with Crippen molar-refractivity contribution in [1.29, 1.82) is 0 Å². The maximum Gasteiger partial charge on any atom is 0.263 e. The lowest BCUT2D eigenvalue weighted by molar-refractivity contribution is -0.132. The number of hydrogen-bond acceptors (Lipinski definition) is 6. The quantitative estimate of drug-likeness (QED) is 0.485. The summed E-state index contributed by atoms with van der Waals surface area (Å²) in [6, 6.07) is 14.5. The highest BCUT2D eigenvalue weighted by Crippen LogP contribution is 2.35. The predicted octanol–water partition coefficient (Wildman–Crippen LogP) is 2.98. The van der Waals surface area contributed by atoms with Crippen LogP contribution in [0, 0.1) is 0 Å². The van der Waals surface area contributed by atoms with Crippen molar-refractivity contribution < 1.29 is 19.2 Å². The molecule has 0 N–H and O–H groups in total. The van der Waals surface area contributed by atoms with Crippen molar-refractivity contribution in [2.24, 2.45) is 0 Å². The molecule has 37 heavy (non-hydrogen) atoms. The van der Waals surface area contributed by atoms with Crippen molar-refractivity contribution in [1.82, 2.24) is 19.4 Å². The van der Waals surface area contributed by atoms with Crippen LogP contribution in [0.5, 0.6) is 0 Å². The first kappa shape index (κ1) is 23.5. The van der Waals surface area contributed by atoms with Crippen molar-refractivity contribution >= 4 is 41.1 Å². The summed E-state index contributed by atoms with van der Waals surface area (Å²) >= 11 is 1.50. The molecule has 0 atom stereocenters. The topological polar surface area (TPSA) is 95.8 Å². The minimum atomic E-state index is -0.298. The van der Waals surface area contributed by atoms with Gasteiger partial charge in [0.15, 0.2) is 0 Å². The number of para-hydroxylation sites is 1. The third-order valence-electron chi connectivity index (χ3n) is 7.23. The number of imide groups is 1. The third kappa shape index (κ3) is 4.21. The molecule has 0 radical (unpaired) electrons. The Morgan fingerprint density at radius 1 is 0.919 bits per heavy atom. The Labute approximate surface area is 218 Å². The van der Waals surface area contributed by atoms with Crippen molar-refractivity contribution in [2.45, 2.75) is 30.3 Å². The molecule has 3 aromatic rings. The van der Waals surface area contributed by atoms with Gasteiger partial charge in [-0.25, -0.2) is 4.98 Å². The number of benzene rings is 2. The van der Waals surface area contributed by atoms with Gasteiger partial charge in [-0.15, -0.1) is 11.8 Å². The van der Waals surface area contributed by atoms with Crippen LogP contribution < -0.4 is 4.90 Å². The minimum Gasteiger partial charge on any atom is -0.341 e. The summed E-state index contributed by atoms with van der Waals surface area (Å²) < 4.78 is 1.85. The Balaban J connectivity index is 1.10. The number of rotatable bonds is 5. The number of hydrogen-bond donors (Lipinski definition) is 0. The number of piperidine rings is 1. The molecule has 1 saturated heterocycles. The fourth-order valence-corrected chi connectivity index (χ4v) is 6.21. The van der Waals surface area contributed by atoms with Gasteiger partial charge in [0, 0.05) is 36.3 Å². The summed E-state index contributed by atoms with van der Waals surface area (Å²) in [6.07, 6.45) is 4.90. The summed E-state index contributed by atoms with van der Waals surface area (Å²) in [7, 11) is 0. The van der Waals surface area contributed by atoms with E-state index in [4.69, 9.17) is 0 Å². The normalized spacial score (nSPS) is 17.8. The average Bonchev–Trinajstić information content (AvgIpc) is 3.49. The molecule has 0 bridgehead atoms. The number of nitrogens with zero attached hydrogens (tertiary/aromatic N) is 5. The van der Waals surface area contributed by atoms with Crippen LogP contribution in [0.4, 0.5) is 5.69 Å². The molecule has 9 nitrogen and oxygen atoms in total. The summed E-state index contributed by atoms with van der Waals surface area (Å²) in [4.78, 5) is 61.5. The summed E-state index contributed by atoms with van der Waals surface area (Å²) in [5.74, 6) is 0.525. The third-order valence-corrected chi connectivity index (χ3v) is 8.28. The largest absolute Gasteiger partial charge is 0.341 e. The van der Waals surface area contributed by atoms with Crippen molar-refractivity contribution in [2.75, 3.05) is 30.3 Å². The number of thioether (sulfide) groups is 1. The molecule has 3 aliphatic rings. The lowest BCUT2D eigenvalue weighted by Crippen LogP contribution is -2.47. The van der Waals surface area contributed by atoms with Gasteiger partial charge < -0.3 is 14.4 Å². The van der Waals surface area contributed by atoms with Gasteiger partial charge in [0.25, 0.3) is 11.8 Å². The zero-order valence-electron chi connectivity index (χ0n) is 20.1. The van der Waals surface area contributed by atoms with Crippen molar-refractivity contribution in [3.05, 3.63) is 77.9 Å². The van der Waals surface area contributed by atoms with Crippen LogP contribution in [-0.4, -0.2) is 68.4 Å². The van der Waals surface area contributed by atoms with Crippen LogP contribution in [0.15, 0.2) is 65.8 Å². The van der Waals surface area contributed by atoms with E-state index in [1.54, 1.807) is 41.6 Å². The molecule has 0 aliphatic carbocycles. The van der Waals surface area contributed by atoms with E-state index in [1.165, 1.54) is 16.7 Å². The van der Waals surface area contributed by atoms with E-state index in [0.29, 0.717) is 42.8 Å². The van der Waals surface area contributed by atoms with Gasteiger partial charge >= 0.3 is 0 Å². The van der Waals surface area contributed by atoms with E-state index < -0.39 is 0 Å². The smallest absolute Gasteiger partial charge is 0.263 e. The SMILES string of the molecule is O=C(CN1C(=O)CSc2ccccc21)N1CCC(c2nccn2CN2C(=O)c3ccccc3C2=O)CC1. The molecule has 0 spiro atoms. The standard InChI is InChI=1S/C27H25N5O4S/c33-23(15-31-21-7-3-4-8-22(21)37-16-24(31)34)29-12-9-18(10-13-29)25-28-11-14-30(25)17-32-26(35)19-5-1-2-6-20(19)27(32)36/h1-8,11,14,18H,9-10,12-13,15-17H2. The molecular formula is C27H25N5O4S. The molecule has 1 fully saturated rings. The highest BCUT2D eigenvalue weighted by Gasteiger charge is 2.36. The predicted molar refractivity (Wildman–Crippen MR) is 137 cm³/mol. The van der Waals surface area contributed by atoms with Gasteiger partial charge in [0.2, 0.25) is 11.8 Å². The van der Waals surface area contributed by atoms with Gasteiger partial charge in [-0.3, -0.25) is 24.1 Å². The number of likely N-dealkylation sites (tertiary alicyclic amines) is 1. The van der Waals surface area contributed by atoms with E-state index in [2.05, 4.69) is 4.98 Å². The first-order valence-corrected chi connectivity index (χ1v) is 13.3. The average molecular weight is 516 g/mol. The molecule has 0 unspecified atom stereocenters. The lowest BCUT2D eigenvalue weighted by atomic mass is 9.96. The monoisotopic (exact) mass is 515 g/mol. The van der Waals surface area contributed by atoms with Gasteiger partial charge in [0.05, 0.1) is 22.6 Å². The molecule has 4 amide bonds. The number of aromatic nitrogens is 2. The van der Waals surface area contributed by atoms with Crippen molar-refractivity contribution in [3.63, 3.8) is 0 Å². The second kappa shape index (κ2) is 9.51. The Bertz CT molecular complexity index is 1380.